The van der Waals surface area contributed by atoms with E-state index < -0.39 is 0 Å². The zero-order chi connectivity index (χ0) is 19.7. The van der Waals surface area contributed by atoms with Crippen LogP contribution in [0.4, 0.5) is 5.69 Å². The molecule has 1 heterocycles. The Kier molecular flexibility index (Phi) is 5.29. The standard InChI is InChI=1S/C22H25NO5/c24-19(14-4-2-7-18(12-14)23-9-3-8-20(23)25)13-28-22(27)17-10-15-5-1-6-16(11-17)21(15)26/h2,4,7,12,15-17H,1,3,5-6,8-11,13H2/t15-,16-/m1/s1. The Morgan fingerprint density at radius 2 is 1.82 bits per heavy atom. The molecule has 0 aromatic heterocycles. The molecule has 148 valence electrons. The fourth-order valence-electron chi connectivity index (χ4n) is 4.78. The summed E-state index contributed by atoms with van der Waals surface area (Å²) < 4.78 is 5.30. The summed E-state index contributed by atoms with van der Waals surface area (Å²) in [6, 6.07) is 6.90. The van der Waals surface area contributed by atoms with Crippen LogP contribution < -0.4 is 4.90 Å². The van der Waals surface area contributed by atoms with Crippen molar-refractivity contribution in [1.29, 1.82) is 0 Å². The molecular formula is C22H25NO5. The Hall–Kier alpha value is -2.50. The van der Waals surface area contributed by atoms with Gasteiger partial charge in [0, 0.05) is 36.1 Å². The van der Waals surface area contributed by atoms with Crippen LogP contribution in [0.1, 0.15) is 55.3 Å². The van der Waals surface area contributed by atoms with Crippen molar-refractivity contribution in [2.24, 2.45) is 17.8 Å². The lowest BCUT2D eigenvalue weighted by Crippen LogP contribution is -2.39. The quantitative estimate of drug-likeness (QED) is 0.577. The van der Waals surface area contributed by atoms with Crippen molar-refractivity contribution in [2.75, 3.05) is 18.1 Å². The molecule has 1 amide bonds. The first-order valence-corrected chi connectivity index (χ1v) is 10.2. The summed E-state index contributed by atoms with van der Waals surface area (Å²) in [4.78, 5) is 50.7. The predicted octanol–water partition coefficient (Wildman–Crippen LogP) is 2.93. The number of anilines is 1. The van der Waals surface area contributed by atoms with E-state index in [2.05, 4.69) is 0 Å². The van der Waals surface area contributed by atoms with E-state index in [1.165, 1.54) is 0 Å². The number of nitrogens with zero attached hydrogens (tertiary/aromatic N) is 1. The highest BCUT2D eigenvalue weighted by molar-refractivity contribution is 6.01. The molecule has 28 heavy (non-hydrogen) atoms. The SMILES string of the molecule is O=C(COC(=O)C1C[C@H]2CCC[C@H](C1)C2=O)c1cccc(N2CCCC2=O)c1. The largest absolute Gasteiger partial charge is 0.457 e. The third kappa shape index (κ3) is 3.73. The summed E-state index contributed by atoms with van der Waals surface area (Å²) in [6.07, 6.45) is 5.23. The van der Waals surface area contributed by atoms with Crippen molar-refractivity contribution in [3.8, 4) is 0 Å². The molecule has 6 heteroatoms. The maximum atomic E-state index is 12.5. The molecule has 3 aliphatic rings. The van der Waals surface area contributed by atoms with E-state index in [0.29, 0.717) is 42.8 Å². The van der Waals surface area contributed by atoms with Crippen LogP contribution in [0.15, 0.2) is 24.3 Å². The highest BCUT2D eigenvalue weighted by atomic mass is 16.5. The summed E-state index contributed by atoms with van der Waals surface area (Å²) in [5, 5.41) is 0. The highest BCUT2D eigenvalue weighted by Crippen LogP contribution is 2.40. The number of carbonyl (C=O) groups excluding carboxylic acids is 4. The number of hydrogen-bond donors (Lipinski definition) is 0. The average Bonchev–Trinajstić information content (AvgIpc) is 3.11. The van der Waals surface area contributed by atoms with E-state index in [1.807, 2.05) is 6.07 Å². The number of Topliss-reactive ketones (excluding diaryl/α,β-unsaturated/α-hetero) is 2. The second-order valence-corrected chi connectivity index (χ2v) is 8.13. The van der Waals surface area contributed by atoms with Gasteiger partial charge in [-0.25, -0.2) is 0 Å². The second kappa shape index (κ2) is 7.86. The first kappa shape index (κ1) is 18.8. The number of benzene rings is 1. The molecular weight excluding hydrogens is 358 g/mol. The predicted molar refractivity (Wildman–Crippen MR) is 102 cm³/mol. The van der Waals surface area contributed by atoms with Crippen molar-refractivity contribution in [2.45, 2.75) is 44.9 Å². The lowest BCUT2D eigenvalue weighted by Gasteiger charge is -2.36. The van der Waals surface area contributed by atoms with Gasteiger partial charge in [-0.05, 0) is 44.2 Å². The van der Waals surface area contributed by atoms with E-state index in [0.717, 1.165) is 25.7 Å². The van der Waals surface area contributed by atoms with E-state index in [1.54, 1.807) is 23.1 Å². The van der Waals surface area contributed by atoms with Crippen molar-refractivity contribution in [3.63, 3.8) is 0 Å². The van der Waals surface area contributed by atoms with Crippen molar-refractivity contribution < 1.29 is 23.9 Å². The summed E-state index contributed by atoms with van der Waals surface area (Å²) in [5.41, 5.74) is 1.14. The van der Waals surface area contributed by atoms with Crippen LogP contribution in [-0.2, 0) is 19.1 Å². The van der Waals surface area contributed by atoms with Gasteiger partial charge in [0.25, 0.3) is 0 Å². The van der Waals surface area contributed by atoms with Gasteiger partial charge in [0.2, 0.25) is 5.91 Å². The maximum Gasteiger partial charge on any atom is 0.309 e. The first-order chi connectivity index (χ1) is 13.5. The van der Waals surface area contributed by atoms with Crippen molar-refractivity contribution >= 4 is 29.1 Å². The Bertz CT molecular complexity index is 801. The van der Waals surface area contributed by atoms with E-state index in [-0.39, 0.29) is 42.0 Å². The molecule has 1 aromatic carbocycles. The molecule has 2 saturated carbocycles. The van der Waals surface area contributed by atoms with Gasteiger partial charge in [-0.3, -0.25) is 19.2 Å². The third-order valence-corrected chi connectivity index (χ3v) is 6.28. The van der Waals surface area contributed by atoms with E-state index in [9.17, 15) is 19.2 Å². The number of ether oxygens (including phenoxy) is 1. The smallest absolute Gasteiger partial charge is 0.309 e. The van der Waals surface area contributed by atoms with Crippen LogP contribution in [-0.4, -0.2) is 36.6 Å². The highest BCUT2D eigenvalue weighted by Gasteiger charge is 2.41. The van der Waals surface area contributed by atoms with Crippen LogP contribution in [0.2, 0.25) is 0 Å². The van der Waals surface area contributed by atoms with Crippen LogP contribution in [0.3, 0.4) is 0 Å². The average molecular weight is 383 g/mol. The minimum atomic E-state index is -0.372. The minimum Gasteiger partial charge on any atom is -0.457 e. The summed E-state index contributed by atoms with van der Waals surface area (Å²) in [6.45, 7) is 0.351. The summed E-state index contributed by atoms with van der Waals surface area (Å²) >= 11 is 0. The lowest BCUT2D eigenvalue weighted by molar-refractivity contribution is -0.152. The number of fused-ring (bicyclic) bond motifs is 2. The topological polar surface area (TPSA) is 80.8 Å². The molecule has 0 unspecified atom stereocenters. The molecule has 1 aliphatic heterocycles. The number of amides is 1. The van der Waals surface area contributed by atoms with Gasteiger partial charge in [0.15, 0.2) is 12.4 Å². The van der Waals surface area contributed by atoms with Gasteiger partial charge in [-0.2, -0.15) is 0 Å². The third-order valence-electron chi connectivity index (χ3n) is 6.28. The Balaban J connectivity index is 1.35. The number of ketones is 2. The summed E-state index contributed by atoms with van der Waals surface area (Å²) in [7, 11) is 0. The molecule has 0 spiro atoms. The molecule has 0 N–H and O–H groups in total. The molecule has 6 nitrogen and oxygen atoms in total. The summed E-state index contributed by atoms with van der Waals surface area (Å²) in [5.74, 6) is -0.606. The van der Waals surface area contributed by atoms with Crippen LogP contribution >= 0.6 is 0 Å². The molecule has 3 fully saturated rings. The Labute approximate surface area is 164 Å². The number of hydrogen-bond acceptors (Lipinski definition) is 5. The molecule has 2 aliphatic carbocycles. The number of rotatable bonds is 5. The molecule has 2 bridgehead atoms. The molecule has 4 rings (SSSR count). The van der Waals surface area contributed by atoms with Crippen LogP contribution in [0.5, 0.6) is 0 Å². The van der Waals surface area contributed by atoms with Gasteiger partial charge >= 0.3 is 5.97 Å². The van der Waals surface area contributed by atoms with Crippen LogP contribution in [0, 0.1) is 17.8 Å². The second-order valence-electron chi connectivity index (χ2n) is 8.13. The van der Waals surface area contributed by atoms with Gasteiger partial charge in [0.1, 0.15) is 5.78 Å². The van der Waals surface area contributed by atoms with Crippen molar-refractivity contribution in [1.82, 2.24) is 0 Å². The fourth-order valence-corrected chi connectivity index (χ4v) is 4.78. The first-order valence-electron chi connectivity index (χ1n) is 10.2. The molecule has 1 aromatic rings. The fraction of sp³-hybridized carbons (Fsp3) is 0.545. The Morgan fingerprint density at radius 3 is 2.50 bits per heavy atom. The molecule has 1 saturated heterocycles. The van der Waals surface area contributed by atoms with Crippen molar-refractivity contribution in [3.05, 3.63) is 29.8 Å². The number of carbonyl (C=O) groups is 4. The van der Waals surface area contributed by atoms with Gasteiger partial charge in [0.05, 0.1) is 5.92 Å². The lowest BCUT2D eigenvalue weighted by atomic mass is 9.67. The normalized spacial score (nSPS) is 27.0. The molecule has 0 radical (unpaired) electrons. The van der Waals surface area contributed by atoms with E-state index >= 15 is 0 Å². The minimum absolute atomic E-state index is 0.0181. The zero-order valence-corrected chi connectivity index (χ0v) is 15.9. The monoisotopic (exact) mass is 383 g/mol. The van der Waals surface area contributed by atoms with Gasteiger partial charge in [-0.15, -0.1) is 0 Å². The zero-order valence-electron chi connectivity index (χ0n) is 15.9. The van der Waals surface area contributed by atoms with Gasteiger partial charge < -0.3 is 9.64 Å². The van der Waals surface area contributed by atoms with E-state index in [4.69, 9.17) is 4.74 Å². The number of esters is 1. The Morgan fingerprint density at radius 1 is 1.07 bits per heavy atom. The maximum absolute atomic E-state index is 12.5. The van der Waals surface area contributed by atoms with Crippen LogP contribution in [0.25, 0.3) is 0 Å². The molecule has 2 atom stereocenters. The van der Waals surface area contributed by atoms with Gasteiger partial charge in [-0.1, -0.05) is 18.6 Å².